The number of ether oxygens (including phenoxy) is 1. The topological polar surface area (TPSA) is 71.9 Å². The third-order valence-electron chi connectivity index (χ3n) is 4.57. The second-order valence-electron chi connectivity index (χ2n) is 6.40. The van der Waals surface area contributed by atoms with E-state index in [-0.39, 0.29) is 23.4 Å². The van der Waals surface area contributed by atoms with Crippen LogP contribution in [0.1, 0.15) is 23.8 Å². The van der Waals surface area contributed by atoms with Gasteiger partial charge in [-0.05, 0) is 36.2 Å². The van der Waals surface area contributed by atoms with Crippen LogP contribution in [0.15, 0.2) is 53.6 Å². The van der Waals surface area contributed by atoms with Crippen molar-refractivity contribution in [3.63, 3.8) is 0 Å². The zero-order chi connectivity index (χ0) is 18.8. The molecule has 3 aromatic rings. The first-order valence-electron chi connectivity index (χ1n) is 8.64. The fraction of sp³-hybridized carbons (Fsp3) is 0.263. The molecule has 1 aromatic carbocycles. The monoisotopic (exact) mass is 372 g/mol. The highest BCUT2D eigenvalue weighted by Gasteiger charge is 2.29. The van der Waals surface area contributed by atoms with Gasteiger partial charge in [0, 0.05) is 43.7 Å². The van der Waals surface area contributed by atoms with Crippen molar-refractivity contribution in [1.82, 2.24) is 20.1 Å². The van der Waals surface area contributed by atoms with Gasteiger partial charge in [0.25, 0.3) is 0 Å². The fourth-order valence-electron chi connectivity index (χ4n) is 3.22. The molecule has 0 spiro atoms. The van der Waals surface area contributed by atoms with Gasteiger partial charge in [-0.3, -0.25) is 4.79 Å². The second-order valence-corrected chi connectivity index (χ2v) is 6.40. The van der Waals surface area contributed by atoms with Crippen molar-refractivity contribution < 1.29 is 13.5 Å². The van der Waals surface area contributed by atoms with Gasteiger partial charge < -0.3 is 15.0 Å². The smallest absolute Gasteiger partial charge is 0.247 e. The highest BCUT2D eigenvalue weighted by Crippen LogP contribution is 2.28. The van der Waals surface area contributed by atoms with Gasteiger partial charge in [0.05, 0.1) is 11.8 Å². The lowest BCUT2D eigenvalue weighted by Gasteiger charge is -2.19. The average Bonchev–Trinajstić information content (AvgIpc) is 3.30. The van der Waals surface area contributed by atoms with E-state index in [1.165, 1.54) is 22.9 Å². The molecular formula is C19H18F2N4O2. The Balaban J connectivity index is 1.43. The number of benzene rings is 1. The van der Waals surface area contributed by atoms with Gasteiger partial charge in [0.2, 0.25) is 5.56 Å². The molecular weight excluding hydrogens is 354 g/mol. The van der Waals surface area contributed by atoms with Crippen LogP contribution in [0.5, 0.6) is 0 Å². The predicted molar refractivity (Wildman–Crippen MR) is 94.5 cm³/mol. The van der Waals surface area contributed by atoms with Crippen molar-refractivity contribution >= 4 is 0 Å². The summed E-state index contributed by atoms with van der Waals surface area (Å²) in [5.74, 6) is -1.29. The predicted octanol–water partition coefficient (Wildman–Crippen LogP) is 2.46. The number of hydrogen-bond acceptors (Lipinski definition) is 4. The van der Waals surface area contributed by atoms with Crippen LogP contribution in [-0.2, 0) is 11.3 Å². The molecule has 0 saturated carbocycles. The lowest BCUT2D eigenvalue weighted by Crippen LogP contribution is -2.31. The first-order chi connectivity index (χ1) is 13.1. The van der Waals surface area contributed by atoms with Gasteiger partial charge in [-0.15, -0.1) is 0 Å². The number of nitrogens with zero attached hydrogens (tertiary/aromatic N) is 2. The Morgan fingerprint density at radius 3 is 2.93 bits per heavy atom. The van der Waals surface area contributed by atoms with Crippen molar-refractivity contribution in [2.45, 2.75) is 25.1 Å². The molecule has 27 heavy (non-hydrogen) atoms. The van der Waals surface area contributed by atoms with Crippen LogP contribution < -0.4 is 10.9 Å². The van der Waals surface area contributed by atoms with E-state index < -0.39 is 11.6 Å². The molecule has 1 aliphatic heterocycles. The zero-order valence-corrected chi connectivity index (χ0v) is 14.4. The number of aromatic nitrogens is 3. The molecule has 2 aromatic heterocycles. The summed E-state index contributed by atoms with van der Waals surface area (Å²) in [6, 6.07) is 8.47. The van der Waals surface area contributed by atoms with Crippen molar-refractivity contribution in [3.05, 3.63) is 82.0 Å². The highest BCUT2D eigenvalue weighted by molar-refractivity contribution is 5.33. The third kappa shape index (κ3) is 3.81. The molecule has 0 unspecified atom stereocenters. The molecule has 1 fully saturated rings. The number of aromatic amines is 1. The summed E-state index contributed by atoms with van der Waals surface area (Å²) in [5.41, 5.74) is 1.67. The normalized spacial score (nSPS) is 19.5. The van der Waals surface area contributed by atoms with Gasteiger partial charge >= 0.3 is 0 Å². The van der Waals surface area contributed by atoms with E-state index in [2.05, 4.69) is 15.4 Å². The lowest BCUT2D eigenvalue weighted by molar-refractivity contribution is 0.0981. The first kappa shape index (κ1) is 17.6. The Morgan fingerprint density at radius 1 is 1.26 bits per heavy atom. The molecule has 3 heterocycles. The Labute approximate surface area is 153 Å². The molecule has 2 atom stereocenters. The van der Waals surface area contributed by atoms with E-state index in [4.69, 9.17) is 4.74 Å². The van der Waals surface area contributed by atoms with Crippen LogP contribution in [0.4, 0.5) is 8.78 Å². The van der Waals surface area contributed by atoms with E-state index >= 15 is 0 Å². The molecule has 4 rings (SSSR count). The number of nitrogens with one attached hydrogen (secondary N) is 2. The quantitative estimate of drug-likeness (QED) is 0.722. The Morgan fingerprint density at radius 2 is 2.15 bits per heavy atom. The van der Waals surface area contributed by atoms with E-state index in [9.17, 15) is 13.6 Å². The molecule has 0 bridgehead atoms. The summed E-state index contributed by atoms with van der Waals surface area (Å²) in [7, 11) is 0. The number of halogens is 2. The molecule has 1 aliphatic rings. The van der Waals surface area contributed by atoms with Crippen LogP contribution in [0.3, 0.4) is 0 Å². The molecule has 2 N–H and O–H groups in total. The molecule has 8 heteroatoms. The van der Waals surface area contributed by atoms with Crippen LogP contribution in [0.2, 0.25) is 0 Å². The number of hydrogen-bond donors (Lipinski definition) is 2. The van der Waals surface area contributed by atoms with Crippen molar-refractivity contribution in [2.75, 3.05) is 6.61 Å². The summed E-state index contributed by atoms with van der Waals surface area (Å²) < 4.78 is 34.1. The number of rotatable bonds is 5. The van der Waals surface area contributed by atoms with Gasteiger partial charge in [-0.1, -0.05) is 0 Å². The highest BCUT2D eigenvalue weighted by atomic mass is 19.1. The average molecular weight is 372 g/mol. The maximum atomic E-state index is 13.9. The molecule has 140 valence electrons. The first-order valence-corrected chi connectivity index (χ1v) is 8.64. The minimum atomic E-state index is -0.667. The fourth-order valence-corrected chi connectivity index (χ4v) is 3.22. The van der Waals surface area contributed by atoms with E-state index in [0.29, 0.717) is 13.2 Å². The minimum Gasteiger partial charge on any atom is -0.372 e. The summed E-state index contributed by atoms with van der Waals surface area (Å²) >= 11 is 0. The van der Waals surface area contributed by atoms with Crippen LogP contribution in [-0.4, -0.2) is 27.4 Å². The van der Waals surface area contributed by atoms with Crippen LogP contribution >= 0.6 is 0 Å². The number of pyridine rings is 1. The van der Waals surface area contributed by atoms with Crippen LogP contribution in [0, 0.1) is 11.6 Å². The summed E-state index contributed by atoms with van der Waals surface area (Å²) in [6.07, 6.45) is 3.98. The van der Waals surface area contributed by atoms with Crippen LogP contribution in [0.25, 0.3) is 5.69 Å². The summed E-state index contributed by atoms with van der Waals surface area (Å²) in [4.78, 5) is 13.9. The van der Waals surface area contributed by atoms with Gasteiger partial charge in [-0.25, -0.2) is 13.5 Å². The molecule has 0 radical (unpaired) electrons. The molecule has 6 nitrogen and oxygen atoms in total. The van der Waals surface area contributed by atoms with Gasteiger partial charge in [0.1, 0.15) is 11.5 Å². The van der Waals surface area contributed by atoms with Crippen molar-refractivity contribution in [1.29, 1.82) is 0 Å². The largest absolute Gasteiger partial charge is 0.372 e. The van der Waals surface area contributed by atoms with Gasteiger partial charge in [-0.2, -0.15) is 5.10 Å². The zero-order valence-electron chi connectivity index (χ0n) is 14.4. The van der Waals surface area contributed by atoms with E-state index in [1.54, 1.807) is 24.5 Å². The molecule has 0 amide bonds. The van der Waals surface area contributed by atoms with E-state index in [1.807, 2.05) is 0 Å². The summed E-state index contributed by atoms with van der Waals surface area (Å²) in [5, 5.41) is 7.75. The third-order valence-corrected chi connectivity index (χ3v) is 4.57. The Hall–Kier alpha value is -2.84. The second kappa shape index (κ2) is 7.42. The molecule has 1 saturated heterocycles. The number of H-pyrrole nitrogens is 1. The Kier molecular flexibility index (Phi) is 4.83. The lowest BCUT2D eigenvalue weighted by atomic mass is 10.0. The van der Waals surface area contributed by atoms with Gasteiger partial charge in [0.15, 0.2) is 5.82 Å². The van der Waals surface area contributed by atoms with Crippen molar-refractivity contribution in [2.24, 2.45) is 0 Å². The van der Waals surface area contributed by atoms with E-state index in [0.717, 1.165) is 23.7 Å². The molecule has 0 aliphatic carbocycles. The van der Waals surface area contributed by atoms with Crippen molar-refractivity contribution in [3.8, 4) is 5.69 Å². The maximum absolute atomic E-state index is 13.9. The minimum absolute atomic E-state index is 0.0728. The summed E-state index contributed by atoms with van der Waals surface area (Å²) in [6.45, 7) is 1.10. The SMILES string of the molecule is O=c1ccc([C@@H]2OCC[C@H]2NCc2ccn(-c3ccc(F)cc3F)n2)c[nH]1. The Bertz CT molecular complexity index is 981. The standard InChI is InChI=1S/C19H18F2N4O2/c20-13-2-3-17(15(21)9-13)25-7-5-14(24-25)11-22-16-6-8-27-19(16)12-1-4-18(26)23-10-12/h1-5,7,9-10,16,19,22H,6,8,11H2,(H,23,26)/t16-,19+/m1/s1. The maximum Gasteiger partial charge on any atom is 0.247 e.